The maximum atomic E-state index is 11.9. The molecule has 0 aliphatic carbocycles. The summed E-state index contributed by atoms with van der Waals surface area (Å²) >= 11 is 0. The third-order valence-electron chi connectivity index (χ3n) is 2.32. The zero-order valence-electron chi connectivity index (χ0n) is 9.00. The summed E-state index contributed by atoms with van der Waals surface area (Å²) in [7, 11) is 0. The lowest BCUT2D eigenvalue weighted by atomic mass is 10.1. The molecule has 0 saturated carbocycles. The molecule has 0 unspecified atom stereocenters. The van der Waals surface area contributed by atoms with Crippen LogP contribution in [0.3, 0.4) is 0 Å². The molecule has 0 saturated heterocycles. The van der Waals surface area contributed by atoms with E-state index in [1.54, 1.807) is 16.8 Å². The highest BCUT2D eigenvalue weighted by Crippen LogP contribution is 2.04. The fourth-order valence-corrected chi connectivity index (χ4v) is 1.47. The van der Waals surface area contributed by atoms with Crippen LogP contribution in [0.5, 0.6) is 0 Å². The summed E-state index contributed by atoms with van der Waals surface area (Å²) in [4.78, 5) is 11.9. The number of tetrazole rings is 1. The van der Waals surface area contributed by atoms with E-state index >= 15 is 0 Å². The molecule has 0 aliphatic rings. The Balaban J connectivity index is 2.14. The quantitative estimate of drug-likeness (QED) is 0.718. The van der Waals surface area contributed by atoms with E-state index in [2.05, 4.69) is 15.5 Å². The van der Waals surface area contributed by atoms with Gasteiger partial charge in [-0.25, -0.2) is 4.68 Å². The van der Waals surface area contributed by atoms with Gasteiger partial charge < -0.3 is 0 Å². The Bertz CT molecular complexity index is 478. The number of ketones is 1. The van der Waals surface area contributed by atoms with Gasteiger partial charge in [0.15, 0.2) is 11.6 Å². The van der Waals surface area contributed by atoms with Crippen molar-refractivity contribution in [3.8, 4) is 0 Å². The van der Waals surface area contributed by atoms with Crippen LogP contribution in [0.1, 0.15) is 23.1 Å². The molecule has 0 bridgehead atoms. The monoisotopic (exact) mass is 216 g/mol. The van der Waals surface area contributed by atoms with Crippen LogP contribution in [-0.4, -0.2) is 26.0 Å². The standard InChI is InChI=1S/C11H12N4O/c1-2-15-11(12-13-14-15)8-10(16)9-6-4-3-5-7-9/h3-7H,2,8H2,1H3. The minimum atomic E-state index is 0.0325. The van der Waals surface area contributed by atoms with Crippen LogP contribution in [0.15, 0.2) is 30.3 Å². The zero-order valence-corrected chi connectivity index (χ0v) is 9.00. The van der Waals surface area contributed by atoms with Crippen LogP contribution in [-0.2, 0) is 13.0 Å². The first-order valence-corrected chi connectivity index (χ1v) is 5.14. The second-order valence-electron chi connectivity index (χ2n) is 3.38. The van der Waals surface area contributed by atoms with Crippen molar-refractivity contribution < 1.29 is 4.79 Å². The fourth-order valence-electron chi connectivity index (χ4n) is 1.47. The first kappa shape index (κ1) is 10.5. The van der Waals surface area contributed by atoms with Crippen molar-refractivity contribution in [2.24, 2.45) is 0 Å². The minimum absolute atomic E-state index is 0.0325. The van der Waals surface area contributed by atoms with E-state index in [1.165, 1.54) is 0 Å². The highest BCUT2D eigenvalue weighted by Gasteiger charge is 2.11. The number of aryl methyl sites for hydroxylation is 1. The van der Waals surface area contributed by atoms with E-state index in [0.29, 0.717) is 17.9 Å². The predicted octanol–water partition coefficient (Wildman–Crippen LogP) is 1.12. The maximum absolute atomic E-state index is 11.9. The van der Waals surface area contributed by atoms with Gasteiger partial charge in [-0.3, -0.25) is 4.79 Å². The van der Waals surface area contributed by atoms with Gasteiger partial charge in [0.25, 0.3) is 0 Å². The summed E-state index contributed by atoms with van der Waals surface area (Å²) in [6, 6.07) is 9.16. The molecule has 1 aromatic heterocycles. The summed E-state index contributed by atoms with van der Waals surface area (Å²) in [5.74, 6) is 0.640. The van der Waals surface area contributed by atoms with Crippen LogP contribution in [0.25, 0.3) is 0 Å². The molecule has 1 heterocycles. The molecule has 1 aromatic carbocycles. The zero-order chi connectivity index (χ0) is 11.4. The number of nitrogens with zero attached hydrogens (tertiary/aromatic N) is 4. The molecule has 0 radical (unpaired) electrons. The van der Waals surface area contributed by atoms with Crippen LogP contribution >= 0.6 is 0 Å². The van der Waals surface area contributed by atoms with Gasteiger partial charge in [0.2, 0.25) is 0 Å². The van der Waals surface area contributed by atoms with E-state index < -0.39 is 0 Å². The highest BCUT2D eigenvalue weighted by atomic mass is 16.1. The normalized spacial score (nSPS) is 10.3. The van der Waals surface area contributed by atoms with Crippen molar-refractivity contribution in [2.45, 2.75) is 19.9 Å². The highest BCUT2D eigenvalue weighted by molar-refractivity contribution is 5.97. The first-order chi connectivity index (χ1) is 7.81. The van der Waals surface area contributed by atoms with Gasteiger partial charge in [-0.2, -0.15) is 0 Å². The van der Waals surface area contributed by atoms with Gasteiger partial charge in [0.1, 0.15) is 0 Å². The summed E-state index contributed by atoms with van der Waals surface area (Å²) in [6.07, 6.45) is 0.241. The molecule has 82 valence electrons. The summed E-state index contributed by atoms with van der Waals surface area (Å²) in [6.45, 7) is 2.61. The van der Waals surface area contributed by atoms with Gasteiger partial charge in [-0.15, -0.1) is 5.10 Å². The Hall–Kier alpha value is -2.04. The molecular formula is C11H12N4O. The lowest BCUT2D eigenvalue weighted by Crippen LogP contribution is -2.10. The average Bonchev–Trinajstić information content (AvgIpc) is 2.77. The third-order valence-corrected chi connectivity index (χ3v) is 2.32. The van der Waals surface area contributed by atoms with Crippen molar-refractivity contribution in [1.82, 2.24) is 20.2 Å². The van der Waals surface area contributed by atoms with E-state index in [4.69, 9.17) is 0 Å². The second-order valence-corrected chi connectivity index (χ2v) is 3.38. The van der Waals surface area contributed by atoms with Gasteiger partial charge >= 0.3 is 0 Å². The molecule has 16 heavy (non-hydrogen) atoms. The minimum Gasteiger partial charge on any atom is -0.294 e. The topological polar surface area (TPSA) is 60.7 Å². The number of carbonyl (C=O) groups is 1. The number of Topliss-reactive ketones (excluding diaryl/α,β-unsaturated/α-hetero) is 1. The second kappa shape index (κ2) is 4.65. The number of hydrogen-bond acceptors (Lipinski definition) is 4. The molecule has 2 rings (SSSR count). The lowest BCUT2D eigenvalue weighted by molar-refractivity contribution is 0.0989. The largest absolute Gasteiger partial charge is 0.294 e. The lowest BCUT2D eigenvalue weighted by Gasteiger charge is -2.00. The van der Waals surface area contributed by atoms with Crippen LogP contribution < -0.4 is 0 Å². The molecule has 0 aliphatic heterocycles. The van der Waals surface area contributed by atoms with Crippen molar-refractivity contribution in [2.75, 3.05) is 0 Å². The summed E-state index contributed by atoms with van der Waals surface area (Å²) < 4.78 is 1.63. The molecule has 5 nitrogen and oxygen atoms in total. The molecule has 2 aromatic rings. The Morgan fingerprint density at radius 1 is 1.31 bits per heavy atom. The number of hydrogen-bond donors (Lipinski definition) is 0. The Morgan fingerprint density at radius 2 is 2.06 bits per heavy atom. The van der Waals surface area contributed by atoms with Gasteiger partial charge in [-0.05, 0) is 17.4 Å². The third kappa shape index (κ3) is 2.13. The fraction of sp³-hybridized carbons (Fsp3) is 0.273. The van der Waals surface area contributed by atoms with Crippen molar-refractivity contribution in [3.63, 3.8) is 0 Å². The Labute approximate surface area is 93.1 Å². The van der Waals surface area contributed by atoms with E-state index in [1.807, 2.05) is 25.1 Å². The van der Waals surface area contributed by atoms with Crippen LogP contribution in [0.4, 0.5) is 0 Å². The Kier molecular flexibility index (Phi) is 3.05. The number of carbonyl (C=O) groups excluding carboxylic acids is 1. The molecule has 0 spiro atoms. The summed E-state index contributed by atoms with van der Waals surface area (Å²) in [5, 5.41) is 11.2. The Morgan fingerprint density at radius 3 is 2.75 bits per heavy atom. The van der Waals surface area contributed by atoms with Crippen LogP contribution in [0.2, 0.25) is 0 Å². The number of benzene rings is 1. The molecule has 0 fully saturated rings. The van der Waals surface area contributed by atoms with Crippen LogP contribution in [0, 0.1) is 0 Å². The van der Waals surface area contributed by atoms with E-state index in [0.717, 1.165) is 0 Å². The average molecular weight is 216 g/mol. The molecule has 5 heteroatoms. The van der Waals surface area contributed by atoms with Gasteiger partial charge in [0.05, 0.1) is 6.42 Å². The number of aromatic nitrogens is 4. The molecule has 0 amide bonds. The maximum Gasteiger partial charge on any atom is 0.170 e. The smallest absolute Gasteiger partial charge is 0.170 e. The molecule has 0 N–H and O–H groups in total. The van der Waals surface area contributed by atoms with E-state index in [9.17, 15) is 4.79 Å². The summed E-state index contributed by atoms with van der Waals surface area (Å²) in [5.41, 5.74) is 0.688. The molecular weight excluding hydrogens is 204 g/mol. The molecule has 0 atom stereocenters. The van der Waals surface area contributed by atoms with Crippen molar-refractivity contribution in [3.05, 3.63) is 41.7 Å². The number of rotatable bonds is 4. The predicted molar refractivity (Wildman–Crippen MR) is 58.0 cm³/mol. The van der Waals surface area contributed by atoms with Crippen molar-refractivity contribution in [1.29, 1.82) is 0 Å². The first-order valence-electron chi connectivity index (χ1n) is 5.14. The van der Waals surface area contributed by atoms with Crippen molar-refractivity contribution >= 4 is 5.78 Å². The van der Waals surface area contributed by atoms with Gasteiger partial charge in [-0.1, -0.05) is 30.3 Å². The SMILES string of the molecule is CCn1nnnc1CC(=O)c1ccccc1. The van der Waals surface area contributed by atoms with Gasteiger partial charge in [0, 0.05) is 12.1 Å². The van der Waals surface area contributed by atoms with E-state index in [-0.39, 0.29) is 12.2 Å².